The molecule has 0 aromatic heterocycles. The van der Waals surface area contributed by atoms with Crippen molar-refractivity contribution in [2.75, 3.05) is 42.1 Å². The molecule has 2 aliphatic heterocycles. The molecule has 6 nitrogen and oxygen atoms in total. The molecule has 7 rings (SSSR count). The molecule has 0 radical (unpaired) electrons. The summed E-state index contributed by atoms with van der Waals surface area (Å²) in [5, 5.41) is 3.24. The van der Waals surface area contributed by atoms with Crippen LogP contribution in [-0.4, -0.2) is 67.9 Å². The van der Waals surface area contributed by atoms with Gasteiger partial charge >= 0.3 is 0 Å². The van der Waals surface area contributed by atoms with E-state index in [0.29, 0.717) is 36.7 Å². The summed E-state index contributed by atoms with van der Waals surface area (Å²) in [5.41, 5.74) is 2.66. The Morgan fingerprint density at radius 1 is 1.05 bits per heavy atom. The van der Waals surface area contributed by atoms with Crippen LogP contribution in [0.4, 0.5) is 24.5 Å². The van der Waals surface area contributed by atoms with E-state index in [2.05, 4.69) is 26.8 Å². The van der Waals surface area contributed by atoms with E-state index in [0.717, 1.165) is 43.5 Å². The van der Waals surface area contributed by atoms with Crippen LogP contribution >= 0.6 is 0 Å². The molecule has 2 aromatic carbocycles. The van der Waals surface area contributed by atoms with Crippen LogP contribution in [0.1, 0.15) is 62.3 Å². The molecule has 4 fully saturated rings. The van der Waals surface area contributed by atoms with E-state index >= 15 is 8.78 Å². The predicted molar refractivity (Wildman–Crippen MR) is 147 cm³/mol. The third-order valence-electron chi connectivity index (χ3n) is 9.20. The highest BCUT2D eigenvalue weighted by Crippen LogP contribution is 2.64. The number of halogens is 3. The number of hydrogen-bond donors (Lipinski definition) is 2. The number of benzene rings is 2. The molecule has 39 heavy (non-hydrogen) atoms. The van der Waals surface area contributed by atoms with Gasteiger partial charge in [0.1, 0.15) is 11.6 Å². The Hall–Kier alpha value is -2.30. The molecule has 2 unspecified atom stereocenters. The van der Waals surface area contributed by atoms with Crippen LogP contribution in [-0.2, 0) is 16.4 Å². The van der Waals surface area contributed by atoms with Crippen LogP contribution in [0.15, 0.2) is 30.3 Å². The van der Waals surface area contributed by atoms with Crippen LogP contribution < -0.4 is 10.0 Å². The number of nitrogens with one attached hydrogen (secondary N) is 2. The van der Waals surface area contributed by atoms with E-state index in [4.69, 9.17) is 0 Å². The molecule has 212 valence electrons. The van der Waals surface area contributed by atoms with Crippen molar-refractivity contribution in [1.82, 2.24) is 9.80 Å². The van der Waals surface area contributed by atoms with Crippen molar-refractivity contribution < 1.29 is 21.6 Å². The molecule has 3 saturated carbocycles. The van der Waals surface area contributed by atoms with Crippen LogP contribution in [0.5, 0.6) is 0 Å². The van der Waals surface area contributed by atoms with Crippen molar-refractivity contribution in [1.29, 1.82) is 0 Å². The van der Waals surface area contributed by atoms with E-state index < -0.39 is 27.7 Å². The normalized spacial score (nSPS) is 28.7. The molecule has 2 N–H and O–H groups in total. The molecule has 2 bridgehead atoms. The van der Waals surface area contributed by atoms with E-state index in [1.807, 2.05) is 12.1 Å². The van der Waals surface area contributed by atoms with Gasteiger partial charge in [0.15, 0.2) is 0 Å². The van der Waals surface area contributed by atoms with Crippen LogP contribution in [0.2, 0.25) is 0 Å². The van der Waals surface area contributed by atoms with Gasteiger partial charge in [-0.1, -0.05) is 6.07 Å². The maximum Gasteiger partial charge on any atom is 0.232 e. The maximum absolute atomic E-state index is 15.9. The van der Waals surface area contributed by atoms with Gasteiger partial charge in [-0.2, -0.15) is 0 Å². The van der Waals surface area contributed by atoms with Crippen molar-refractivity contribution in [3.05, 3.63) is 58.7 Å². The number of fused-ring (bicyclic) bond motifs is 1. The smallest absolute Gasteiger partial charge is 0.232 e. The average molecular weight is 563 g/mol. The highest BCUT2D eigenvalue weighted by molar-refractivity contribution is 7.92. The Kier molecular flexibility index (Phi) is 6.87. The predicted octanol–water partition coefficient (Wildman–Crippen LogP) is 5.07. The van der Waals surface area contributed by atoms with Crippen LogP contribution in [0, 0.1) is 17.6 Å². The van der Waals surface area contributed by atoms with Gasteiger partial charge in [0.25, 0.3) is 0 Å². The number of anilines is 2. The van der Waals surface area contributed by atoms with Gasteiger partial charge in [-0.25, -0.2) is 17.2 Å². The Morgan fingerprint density at radius 3 is 2.33 bits per heavy atom. The monoisotopic (exact) mass is 562 g/mol. The van der Waals surface area contributed by atoms with E-state index in [1.54, 1.807) is 13.0 Å². The van der Waals surface area contributed by atoms with Gasteiger partial charge in [0, 0.05) is 48.2 Å². The van der Waals surface area contributed by atoms with Gasteiger partial charge < -0.3 is 5.32 Å². The second-order valence-corrected chi connectivity index (χ2v) is 14.0. The summed E-state index contributed by atoms with van der Waals surface area (Å²) in [4.78, 5) is 4.46. The van der Waals surface area contributed by atoms with Crippen molar-refractivity contribution in [2.24, 2.45) is 5.92 Å². The minimum atomic E-state index is -3.44. The molecule has 3 aliphatic carbocycles. The fourth-order valence-corrected chi connectivity index (χ4v) is 7.89. The third-order valence-corrected chi connectivity index (χ3v) is 10.5. The molecule has 10 heteroatoms. The summed E-state index contributed by atoms with van der Waals surface area (Å²) in [6, 6.07) is 7.68. The number of likely N-dealkylation sites (tertiary alicyclic amines) is 1. The highest BCUT2D eigenvalue weighted by Gasteiger charge is 2.63. The van der Waals surface area contributed by atoms with Crippen LogP contribution in [0.25, 0.3) is 0 Å². The third kappa shape index (κ3) is 4.82. The molecule has 1 saturated heterocycles. The van der Waals surface area contributed by atoms with Crippen molar-refractivity contribution in [2.45, 2.75) is 69.6 Å². The largest absolute Gasteiger partial charge is 0.380 e. The van der Waals surface area contributed by atoms with Crippen molar-refractivity contribution in [3.63, 3.8) is 0 Å². The topological polar surface area (TPSA) is 64.7 Å². The quantitative estimate of drug-likeness (QED) is 0.424. The molecular formula is C29H37F3N4O2S. The van der Waals surface area contributed by atoms with Crippen LogP contribution in [0.3, 0.4) is 0 Å². The highest BCUT2D eigenvalue weighted by atomic mass is 32.2. The zero-order chi connectivity index (χ0) is 27.5. The summed E-state index contributed by atoms with van der Waals surface area (Å²) < 4.78 is 71.2. The number of hydrogen-bond acceptors (Lipinski definition) is 5. The second kappa shape index (κ2) is 9.96. The van der Waals surface area contributed by atoms with E-state index in [9.17, 15) is 12.8 Å². The number of alkyl halides is 1. The lowest BCUT2D eigenvalue weighted by molar-refractivity contribution is -0.174. The van der Waals surface area contributed by atoms with E-state index in [-0.39, 0.29) is 35.6 Å². The lowest BCUT2D eigenvalue weighted by atomic mass is 9.48. The second-order valence-electron chi connectivity index (χ2n) is 12.0. The Morgan fingerprint density at radius 2 is 1.74 bits per heavy atom. The van der Waals surface area contributed by atoms with Crippen molar-refractivity contribution >= 4 is 21.4 Å². The SMILES string of the molecule is CCS(=O)(=O)Nc1ccc2c(c1)CC(C)N(C13CC(C1)C3)C2c1c(F)cc(NC2CN(CCCF)C2)cc1F. The standard InChI is InChI=1S/C29H37F3N4O2S/c1-3-39(37,38)34-21-5-6-24-20(10-21)9-18(2)36(29-13-19(14-29)15-29)28(24)27-25(31)11-22(12-26(27)32)33-23-16-35(17-23)8-4-7-30/h5-6,10-12,18-19,23,28,33-34H,3-4,7-9,13-17H2,1-2H3. The minimum absolute atomic E-state index is 0.0281. The van der Waals surface area contributed by atoms with Gasteiger partial charge in [-0.05, 0) is 87.3 Å². The van der Waals surface area contributed by atoms with Gasteiger partial charge in [0.2, 0.25) is 10.0 Å². The summed E-state index contributed by atoms with van der Waals surface area (Å²) >= 11 is 0. The summed E-state index contributed by atoms with van der Waals surface area (Å²) in [6.07, 6.45) is 4.35. The average Bonchev–Trinajstić information content (AvgIpc) is 2.79. The fourth-order valence-electron chi connectivity index (χ4n) is 7.26. The first-order chi connectivity index (χ1) is 18.6. The summed E-state index contributed by atoms with van der Waals surface area (Å²) in [5.74, 6) is -0.487. The lowest BCUT2D eigenvalue weighted by Crippen LogP contribution is -2.71. The molecule has 5 aliphatic rings. The zero-order valence-electron chi connectivity index (χ0n) is 22.5. The summed E-state index contributed by atoms with van der Waals surface area (Å²) in [7, 11) is -3.44. The first kappa shape index (κ1) is 26.9. The molecule has 0 spiro atoms. The van der Waals surface area contributed by atoms with Gasteiger partial charge in [-0.3, -0.25) is 18.9 Å². The Bertz CT molecular complexity index is 1320. The minimum Gasteiger partial charge on any atom is -0.380 e. The maximum atomic E-state index is 15.9. The van der Waals surface area contributed by atoms with Gasteiger partial charge in [-0.15, -0.1) is 0 Å². The number of rotatable bonds is 10. The summed E-state index contributed by atoms with van der Waals surface area (Å²) in [6.45, 7) is 5.48. The van der Waals surface area contributed by atoms with Gasteiger partial charge in [0.05, 0.1) is 24.5 Å². The molecule has 2 aromatic rings. The van der Waals surface area contributed by atoms with E-state index in [1.165, 1.54) is 12.1 Å². The first-order valence-corrected chi connectivity index (χ1v) is 15.7. The number of sulfonamides is 1. The molecule has 2 heterocycles. The zero-order valence-corrected chi connectivity index (χ0v) is 23.3. The molecule has 0 amide bonds. The lowest BCUT2D eigenvalue weighted by Gasteiger charge is -2.70. The Labute approximate surface area is 229 Å². The first-order valence-electron chi connectivity index (χ1n) is 14.1. The molecule has 2 atom stereocenters. The Balaban J connectivity index is 1.32. The fraction of sp³-hybridized carbons (Fsp3) is 0.586. The van der Waals surface area contributed by atoms with Crippen molar-refractivity contribution in [3.8, 4) is 0 Å². The molecular weight excluding hydrogens is 525 g/mol. The number of nitrogens with zero attached hydrogens (tertiary/aromatic N) is 2.